The summed E-state index contributed by atoms with van der Waals surface area (Å²) in [7, 11) is 1.30. The van der Waals surface area contributed by atoms with E-state index in [4.69, 9.17) is 11.2 Å². The van der Waals surface area contributed by atoms with Crippen LogP contribution in [0.2, 0.25) is 0 Å². The van der Waals surface area contributed by atoms with Crippen molar-refractivity contribution in [3.05, 3.63) is 30.1 Å². The number of esters is 1. The normalized spacial score (nSPS) is 11.5. The maximum atomic E-state index is 11.4. The molecule has 78 valence electrons. The first-order chi connectivity index (χ1) is 7.29. The first kappa shape index (κ1) is 11.2. The maximum Gasteiger partial charge on any atom is 0.339 e. The zero-order chi connectivity index (χ0) is 11.1. The standard InChI is InChI=1S/C11H11NO3/c1-3-7-15-10(11(13)14-2)9-5-4-6-12-8-9/h1,4-6,8,10H,7H2,2H3/t10-/m1/s1. The number of hydrogen-bond donors (Lipinski definition) is 0. The summed E-state index contributed by atoms with van der Waals surface area (Å²) in [6, 6.07) is 3.44. The van der Waals surface area contributed by atoms with E-state index in [0.717, 1.165) is 0 Å². The zero-order valence-electron chi connectivity index (χ0n) is 8.34. The summed E-state index contributed by atoms with van der Waals surface area (Å²) >= 11 is 0. The Balaban J connectivity index is 2.82. The summed E-state index contributed by atoms with van der Waals surface area (Å²) in [5, 5.41) is 0. The van der Waals surface area contributed by atoms with Gasteiger partial charge in [0.25, 0.3) is 0 Å². The van der Waals surface area contributed by atoms with E-state index in [1.165, 1.54) is 13.3 Å². The lowest BCUT2D eigenvalue weighted by molar-refractivity contribution is -0.153. The van der Waals surface area contributed by atoms with Gasteiger partial charge in [0.15, 0.2) is 6.10 Å². The molecule has 1 aromatic rings. The lowest BCUT2D eigenvalue weighted by atomic mass is 10.1. The number of ether oxygens (including phenoxy) is 2. The summed E-state index contributed by atoms with van der Waals surface area (Å²) in [6.45, 7) is 0.0503. The van der Waals surface area contributed by atoms with Gasteiger partial charge in [-0.15, -0.1) is 6.42 Å². The van der Waals surface area contributed by atoms with E-state index >= 15 is 0 Å². The molecule has 1 aromatic heterocycles. The summed E-state index contributed by atoms with van der Waals surface area (Å²) in [5.41, 5.74) is 0.625. The number of aromatic nitrogens is 1. The van der Waals surface area contributed by atoms with Gasteiger partial charge in [-0.2, -0.15) is 0 Å². The van der Waals surface area contributed by atoms with Crippen molar-refractivity contribution in [3.63, 3.8) is 0 Å². The third-order valence-corrected chi connectivity index (χ3v) is 1.74. The van der Waals surface area contributed by atoms with Crippen LogP contribution in [0.1, 0.15) is 11.7 Å². The molecule has 0 saturated carbocycles. The minimum atomic E-state index is -0.806. The highest BCUT2D eigenvalue weighted by Crippen LogP contribution is 2.17. The fourth-order valence-corrected chi connectivity index (χ4v) is 1.07. The van der Waals surface area contributed by atoms with Crippen LogP contribution in [0.3, 0.4) is 0 Å². The van der Waals surface area contributed by atoms with Gasteiger partial charge in [-0.1, -0.05) is 12.0 Å². The van der Waals surface area contributed by atoms with Crippen LogP contribution in [-0.4, -0.2) is 24.7 Å². The Morgan fingerprint density at radius 1 is 1.73 bits per heavy atom. The molecule has 0 fully saturated rings. The molecule has 0 saturated heterocycles. The number of terminal acetylenes is 1. The lowest BCUT2D eigenvalue weighted by Gasteiger charge is -2.13. The molecule has 0 aliphatic carbocycles. The maximum absolute atomic E-state index is 11.4. The van der Waals surface area contributed by atoms with Crippen LogP contribution in [0, 0.1) is 12.3 Å². The van der Waals surface area contributed by atoms with Crippen molar-refractivity contribution in [1.29, 1.82) is 0 Å². The van der Waals surface area contributed by atoms with E-state index in [1.807, 2.05) is 0 Å². The van der Waals surface area contributed by atoms with Gasteiger partial charge in [-0.25, -0.2) is 4.79 Å². The van der Waals surface area contributed by atoms with Gasteiger partial charge in [0.2, 0.25) is 0 Å². The van der Waals surface area contributed by atoms with E-state index < -0.39 is 12.1 Å². The molecular weight excluding hydrogens is 194 g/mol. The summed E-state index contributed by atoms with van der Waals surface area (Å²) < 4.78 is 9.78. The van der Waals surface area contributed by atoms with E-state index in [2.05, 4.69) is 15.6 Å². The van der Waals surface area contributed by atoms with E-state index in [9.17, 15) is 4.79 Å². The van der Waals surface area contributed by atoms with E-state index in [0.29, 0.717) is 5.56 Å². The van der Waals surface area contributed by atoms with Crippen LogP contribution in [0.4, 0.5) is 0 Å². The molecule has 0 unspecified atom stereocenters. The molecule has 0 bridgehead atoms. The molecule has 15 heavy (non-hydrogen) atoms. The number of nitrogens with zero attached hydrogens (tertiary/aromatic N) is 1. The van der Waals surface area contributed by atoms with Crippen LogP contribution in [0.15, 0.2) is 24.5 Å². The monoisotopic (exact) mass is 205 g/mol. The Bertz CT molecular complexity index is 356. The summed E-state index contributed by atoms with van der Waals surface area (Å²) in [5.74, 6) is 1.81. The van der Waals surface area contributed by atoms with Gasteiger partial charge < -0.3 is 9.47 Å². The van der Waals surface area contributed by atoms with Crippen LogP contribution in [0.25, 0.3) is 0 Å². The predicted octanol–water partition coefficient (Wildman–Crippen LogP) is 0.945. The van der Waals surface area contributed by atoms with Crippen molar-refractivity contribution >= 4 is 5.97 Å². The molecule has 0 radical (unpaired) electrons. The number of methoxy groups -OCH3 is 1. The third-order valence-electron chi connectivity index (χ3n) is 1.74. The quantitative estimate of drug-likeness (QED) is 0.542. The van der Waals surface area contributed by atoms with Gasteiger partial charge in [-0.3, -0.25) is 4.98 Å². The number of carbonyl (C=O) groups excluding carboxylic acids is 1. The highest BCUT2D eigenvalue weighted by atomic mass is 16.6. The number of carbonyl (C=O) groups is 1. The molecule has 1 rings (SSSR count). The van der Waals surface area contributed by atoms with Gasteiger partial charge in [0.1, 0.15) is 6.61 Å². The summed E-state index contributed by atoms with van der Waals surface area (Å²) in [4.78, 5) is 15.3. The van der Waals surface area contributed by atoms with Crippen molar-refractivity contribution < 1.29 is 14.3 Å². The third kappa shape index (κ3) is 3.08. The van der Waals surface area contributed by atoms with Crippen molar-refractivity contribution in [2.24, 2.45) is 0 Å². The first-order valence-electron chi connectivity index (χ1n) is 4.32. The molecule has 1 atom stereocenters. The van der Waals surface area contributed by atoms with Crippen molar-refractivity contribution in [2.75, 3.05) is 13.7 Å². The second kappa shape index (κ2) is 5.78. The van der Waals surface area contributed by atoms with Gasteiger partial charge in [0, 0.05) is 18.0 Å². The minimum absolute atomic E-state index is 0.0503. The Morgan fingerprint density at radius 2 is 2.53 bits per heavy atom. The van der Waals surface area contributed by atoms with E-state index in [-0.39, 0.29) is 6.61 Å². The highest BCUT2D eigenvalue weighted by Gasteiger charge is 2.21. The molecular formula is C11H11NO3. The average molecular weight is 205 g/mol. The fraction of sp³-hybridized carbons (Fsp3) is 0.273. The largest absolute Gasteiger partial charge is 0.467 e. The van der Waals surface area contributed by atoms with Crippen molar-refractivity contribution in [2.45, 2.75) is 6.10 Å². The van der Waals surface area contributed by atoms with Crippen molar-refractivity contribution in [3.8, 4) is 12.3 Å². The number of hydrogen-bond acceptors (Lipinski definition) is 4. The number of pyridine rings is 1. The second-order valence-electron chi connectivity index (χ2n) is 2.70. The molecule has 0 N–H and O–H groups in total. The molecule has 4 nitrogen and oxygen atoms in total. The highest BCUT2D eigenvalue weighted by molar-refractivity contribution is 5.76. The van der Waals surface area contributed by atoms with Crippen LogP contribution < -0.4 is 0 Å². The predicted molar refractivity (Wildman–Crippen MR) is 53.8 cm³/mol. The lowest BCUT2D eigenvalue weighted by Crippen LogP contribution is -2.18. The average Bonchev–Trinajstić information content (AvgIpc) is 2.30. The molecule has 0 spiro atoms. The molecule has 0 amide bonds. The van der Waals surface area contributed by atoms with Gasteiger partial charge >= 0.3 is 5.97 Å². The van der Waals surface area contributed by atoms with Gasteiger partial charge in [0.05, 0.1) is 7.11 Å². The molecule has 0 aromatic carbocycles. The molecule has 0 aliphatic heterocycles. The Labute approximate surface area is 88.2 Å². The minimum Gasteiger partial charge on any atom is -0.467 e. The summed E-state index contributed by atoms with van der Waals surface area (Å²) in [6.07, 6.45) is 7.40. The molecule has 1 heterocycles. The fourth-order valence-electron chi connectivity index (χ4n) is 1.07. The van der Waals surface area contributed by atoms with Crippen LogP contribution in [0.5, 0.6) is 0 Å². The topological polar surface area (TPSA) is 48.4 Å². The van der Waals surface area contributed by atoms with Crippen LogP contribution in [-0.2, 0) is 14.3 Å². The number of rotatable bonds is 4. The Kier molecular flexibility index (Phi) is 4.32. The second-order valence-corrected chi connectivity index (χ2v) is 2.70. The van der Waals surface area contributed by atoms with Crippen LogP contribution >= 0.6 is 0 Å². The van der Waals surface area contributed by atoms with E-state index in [1.54, 1.807) is 18.3 Å². The van der Waals surface area contributed by atoms with Gasteiger partial charge in [-0.05, 0) is 6.07 Å². The SMILES string of the molecule is C#CCO[C@@H](C(=O)OC)c1cccnc1. The smallest absolute Gasteiger partial charge is 0.339 e. The Hall–Kier alpha value is -1.86. The molecule has 4 heteroatoms. The first-order valence-corrected chi connectivity index (χ1v) is 4.32. The Morgan fingerprint density at radius 3 is 3.07 bits per heavy atom. The van der Waals surface area contributed by atoms with Crippen molar-refractivity contribution in [1.82, 2.24) is 4.98 Å². The zero-order valence-corrected chi connectivity index (χ0v) is 8.34. The molecule has 0 aliphatic rings.